The molecule has 1 aromatic rings. The molecule has 1 unspecified atom stereocenters. The number of hydrogen-bond donors (Lipinski definition) is 1. The molecule has 104 valence electrons. The average Bonchev–Trinajstić information content (AvgIpc) is 2.42. The molecule has 0 aliphatic carbocycles. The van der Waals surface area contributed by atoms with E-state index >= 15 is 0 Å². The summed E-state index contributed by atoms with van der Waals surface area (Å²) in [4.78, 5) is 22.1. The number of aliphatic hydroxyl groups excluding tert-OH is 1. The molecule has 1 aromatic carbocycles. The number of benzene rings is 1. The van der Waals surface area contributed by atoms with E-state index in [0.717, 1.165) is 0 Å². The molecule has 0 bridgehead atoms. The van der Waals surface area contributed by atoms with Gasteiger partial charge in [0.05, 0.1) is 12.7 Å². The second-order valence-electron chi connectivity index (χ2n) is 3.78. The number of methoxy groups -OCH3 is 1. The first-order valence-corrected chi connectivity index (χ1v) is 5.65. The molecule has 0 fully saturated rings. The predicted octanol–water partition coefficient (Wildman–Crippen LogP) is 0.776. The molecule has 0 heterocycles. The van der Waals surface area contributed by atoms with Crippen molar-refractivity contribution >= 4 is 11.9 Å². The van der Waals surface area contributed by atoms with Crippen molar-refractivity contribution in [1.82, 2.24) is 0 Å². The van der Waals surface area contributed by atoms with Crippen LogP contribution in [0.5, 0.6) is 5.75 Å². The van der Waals surface area contributed by atoms with Crippen LogP contribution in [0.4, 0.5) is 0 Å². The largest absolute Gasteiger partial charge is 0.497 e. The minimum absolute atomic E-state index is 0.203. The van der Waals surface area contributed by atoms with Gasteiger partial charge in [0, 0.05) is 6.92 Å². The van der Waals surface area contributed by atoms with E-state index in [1.807, 2.05) is 0 Å². The van der Waals surface area contributed by atoms with Gasteiger partial charge in [-0.05, 0) is 24.3 Å². The molecule has 0 aromatic heterocycles. The Hall–Kier alpha value is -2.08. The smallest absolute Gasteiger partial charge is 0.338 e. The number of rotatable bonds is 6. The molecule has 0 radical (unpaired) electrons. The van der Waals surface area contributed by atoms with Gasteiger partial charge in [0.2, 0.25) is 0 Å². The van der Waals surface area contributed by atoms with Crippen molar-refractivity contribution in [2.24, 2.45) is 0 Å². The maximum Gasteiger partial charge on any atom is 0.338 e. The van der Waals surface area contributed by atoms with Crippen molar-refractivity contribution in [3.05, 3.63) is 29.8 Å². The first-order chi connectivity index (χ1) is 9.02. The van der Waals surface area contributed by atoms with Crippen LogP contribution in [-0.4, -0.2) is 43.5 Å². The SMILES string of the molecule is COc1ccc(C(=O)OCC(O)COC(C)=O)cc1. The molecule has 0 aliphatic rings. The van der Waals surface area contributed by atoms with Gasteiger partial charge in [0.15, 0.2) is 0 Å². The molecule has 0 amide bonds. The summed E-state index contributed by atoms with van der Waals surface area (Å²) < 4.78 is 14.4. The Balaban J connectivity index is 2.39. The fourth-order valence-corrected chi connectivity index (χ4v) is 1.24. The maximum absolute atomic E-state index is 11.6. The number of aliphatic hydroxyl groups is 1. The summed E-state index contributed by atoms with van der Waals surface area (Å²) in [5.41, 5.74) is 0.348. The highest BCUT2D eigenvalue weighted by Gasteiger charge is 2.12. The van der Waals surface area contributed by atoms with E-state index in [1.54, 1.807) is 24.3 Å². The van der Waals surface area contributed by atoms with E-state index in [4.69, 9.17) is 9.47 Å². The number of hydrogen-bond acceptors (Lipinski definition) is 6. The van der Waals surface area contributed by atoms with Crippen LogP contribution in [0, 0.1) is 0 Å². The molecule has 0 spiro atoms. The van der Waals surface area contributed by atoms with Crippen LogP contribution in [-0.2, 0) is 14.3 Å². The van der Waals surface area contributed by atoms with Crippen molar-refractivity contribution in [2.45, 2.75) is 13.0 Å². The Kier molecular flexibility index (Phi) is 5.81. The Bertz CT molecular complexity index is 425. The van der Waals surface area contributed by atoms with Gasteiger partial charge in [-0.3, -0.25) is 4.79 Å². The second kappa shape index (κ2) is 7.38. The Labute approximate surface area is 110 Å². The fraction of sp³-hybridized carbons (Fsp3) is 0.385. The molecule has 0 aliphatic heterocycles. The second-order valence-corrected chi connectivity index (χ2v) is 3.78. The van der Waals surface area contributed by atoms with Gasteiger partial charge in [-0.25, -0.2) is 4.79 Å². The van der Waals surface area contributed by atoms with E-state index in [1.165, 1.54) is 14.0 Å². The number of esters is 2. The van der Waals surface area contributed by atoms with Crippen LogP contribution < -0.4 is 4.74 Å². The van der Waals surface area contributed by atoms with Crippen LogP contribution >= 0.6 is 0 Å². The van der Waals surface area contributed by atoms with Gasteiger partial charge in [0.25, 0.3) is 0 Å². The maximum atomic E-state index is 11.6. The first kappa shape index (κ1) is 15.0. The van der Waals surface area contributed by atoms with Crippen molar-refractivity contribution in [1.29, 1.82) is 0 Å². The van der Waals surface area contributed by atoms with Crippen molar-refractivity contribution in [3.8, 4) is 5.75 Å². The Morgan fingerprint density at radius 2 is 1.74 bits per heavy atom. The normalized spacial score (nSPS) is 11.5. The zero-order chi connectivity index (χ0) is 14.3. The summed E-state index contributed by atoms with van der Waals surface area (Å²) in [6, 6.07) is 6.37. The summed E-state index contributed by atoms with van der Waals surface area (Å²) in [6.45, 7) is 0.791. The number of carbonyl (C=O) groups excluding carboxylic acids is 2. The molecule has 1 N–H and O–H groups in total. The molecule has 0 saturated heterocycles. The van der Waals surface area contributed by atoms with E-state index < -0.39 is 18.0 Å². The van der Waals surface area contributed by atoms with Crippen LogP contribution in [0.25, 0.3) is 0 Å². The highest BCUT2D eigenvalue weighted by Crippen LogP contribution is 2.12. The minimum atomic E-state index is -1.04. The summed E-state index contributed by atoms with van der Waals surface area (Å²) in [7, 11) is 1.53. The van der Waals surface area contributed by atoms with Gasteiger partial charge in [-0.2, -0.15) is 0 Å². The lowest BCUT2D eigenvalue weighted by Crippen LogP contribution is -2.24. The standard InChI is InChI=1S/C13H16O6/c1-9(14)18-7-11(15)8-19-13(16)10-3-5-12(17-2)6-4-10/h3-6,11,15H,7-8H2,1-2H3. The monoisotopic (exact) mass is 268 g/mol. The van der Waals surface area contributed by atoms with E-state index in [2.05, 4.69) is 4.74 Å². The van der Waals surface area contributed by atoms with Crippen LogP contribution in [0.2, 0.25) is 0 Å². The lowest BCUT2D eigenvalue weighted by atomic mass is 10.2. The zero-order valence-electron chi connectivity index (χ0n) is 10.8. The first-order valence-electron chi connectivity index (χ1n) is 5.65. The minimum Gasteiger partial charge on any atom is -0.497 e. The highest BCUT2D eigenvalue weighted by molar-refractivity contribution is 5.89. The van der Waals surface area contributed by atoms with Crippen LogP contribution in [0.15, 0.2) is 24.3 Å². The van der Waals surface area contributed by atoms with Crippen molar-refractivity contribution in [2.75, 3.05) is 20.3 Å². The highest BCUT2D eigenvalue weighted by atomic mass is 16.6. The Morgan fingerprint density at radius 3 is 2.26 bits per heavy atom. The molecule has 6 nitrogen and oxygen atoms in total. The Morgan fingerprint density at radius 1 is 1.16 bits per heavy atom. The summed E-state index contributed by atoms with van der Waals surface area (Å²) in [5, 5.41) is 9.40. The predicted molar refractivity (Wildman–Crippen MR) is 65.9 cm³/mol. The van der Waals surface area contributed by atoms with Gasteiger partial charge in [-0.1, -0.05) is 0 Å². The lowest BCUT2D eigenvalue weighted by Gasteiger charge is -2.11. The topological polar surface area (TPSA) is 82.1 Å². The van der Waals surface area contributed by atoms with E-state index in [9.17, 15) is 14.7 Å². The van der Waals surface area contributed by atoms with E-state index in [-0.39, 0.29) is 13.2 Å². The van der Waals surface area contributed by atoms with Gasteiger partial charge >= 0.3 is 11.9 Å². The van der Waals surface area contributed by atoms with Crippen LogP contribution in [0.3, 0.4) is 0 Å². The third-order valence-corrected chi connectivity index (χ3v) is 2.21. The molecule has 6 heteroatoms. The number of ether oxygens (including phenoxy) is 3. The van der Waals surface area contributed by atoms with Gasteiger partial charge in [0.1, 0.15) is 25.1 Å². The van der Waals surface area contributed by atoms with Crippen LogP contribution in [0.1, 0.15) is 17.3 Å². The summed E-state index contributed by atoms with van der Waals surface area (Å²) >= 11 is 0. The average molecular weight is 268 g/mol. The summed E-state index contributed by atoms with van der Waals surface area (Å²) in [6.07, 6.45) is -1.04. The molecule has 1 atom stereocenters. The molecular formula is C13H16O6. The molecule has 19 heavy (non-hydrogen) atoms. The lowest BCUT2D eigenvalue weighted by molar-refractivity contribution is -0.144. The molecule has 1 rings (SSSR count). The third kappa shape index (κ3) is 5.39. The molecule has 0 saturated carbocycles. The third-order valence-electron chi connectivity index (χ3n) is 2.21. The van der Waals surface area contributed by atoms with Crippen molar-refractivity contribution in [3.63, 3.8) is 0 Å². The zero-order valence-corrected chi connectivity index (χ0v) is 10.8. The van der Waals surface area contributed by atoms with Gasteiger partial charge in [-0.15, -0.1) is 0 Å². The number of carbonyl (C=O) groups is 2. The molecular weight excluding hydrogens is 252 g/mol. The van der Waals surface area contributed by atoms with E-state index in [0.29, 0.717) is 11.3 Å². The van der Waals surface area contributed by atoms with Crippen molar-refractivity contribution < 1.29 is 28.9 Å². The fourth-order valence-electron chi connectivity index (χ4n) is 1.24. The van der Waals surface area contributed by atoms with Gasteiger partial charge < -0.3 is 19.3 Å². The quantitative estimate of drug-likeness (QED) is 0.768. The summed E-state index contributed by atoms with van der Waals surface area (Å²) in [5.74, 6) is -0.434.